The van der Waals surface area contributed by atoms with Crippen LogP contribution in [0.3, 0.4) is 0 Å². The highest BCUT2D eigenvalue weighted by atomic mass is 35.5. The van der Waals surface area contributed by atoms with E-state index in [0.717, 1.165) is 25.6 Å². The van der Waals surface area contributed by atoms with Gasteiger partial charge < -0.3 is 25.7 Å². The average Bonchev–Trinajstić information content (AvgIpc) is 3.20. The van der Waals surface area contributed by atoms with Crippen molar-refractivity contribution in [3.05, 3.63) is 64.8 Å². The molecule has 0 radical (unpaired) electrons. The number of hydrogen-bond acceptors (Lipinski definition) is 9. The van der Waals surface area contributed by atoms with E-state index < -0.39 is 11.7 Å². The Bertz CT molecular complexity index is 1550. The number of benzene rings is 1. The van der Waals surface area contributed by atoms with Gasteiger partial charge >= 0.3 is 6.18 Å². The maximum atomic E-state index is 13.6. The number of aromatic nitrogens is 5. The van der Waals surface area contributed by atoms with Crippen molar-refractivity contribution in [2.75, 3.05) is 30.8 Å². The molecular weight excluding hydrogens is 535 g/mol. The summed E-state index contributed by atoms with van der Waals surface area (Å²) in [7, 11) is 3.36. The van der Waals surface area contributed by atoms with Gasteiger partial charge in [0.25, 0.3) is 0 Å². The molecule has 1 fully saturated rings. The maximum absolute atomic E-state index is 13.6. The Morgan fingerprint density at radius 1 is 1.18 bits per heavy atom. The zero-order valence-electron chi connectivity index (χ0n) is 21.1. The second-order valence-corrected chi connectivity index (χ2v) is 9.29. The lowest BCUT2D eigenvalue weighted by Crippen LogP contribution is -2.36. The van der Waals surface area contributed by atoms with E-state index in [1.54, 1.807) is 24.7 Å². The number of hydrogen-bond donors (Lipinski definition) is 3. The zero-order chi connectivity index (χ0) is 27.7. The van der Waals surface area contributed by atoms with Gasteiger partial charge in [0.15, 0.2) is 23.0 Å². The van der Waals surface area contributed by atoms with Crippen LogP contribution in [0.5, 0.6) is 5.75 Å². The topological polar surface area (TPSA) is 119 Å². The molecule has 0 saturated carbocycles. The monoisotopic (exact) mass is 559 g/mol. The standard InChI is InChI=1S/C25H25ClF3N9O/c1-31-22-20(32-4-5-33-22)17(11-30)39-18-12-34-23-21(19(18)26)37(2)24(36-23)35-16-9-14(13-38-6-3-7-38)8-15(10-16)25(27,28)29/h4-5,8-12H,3,6-7,13,30H2,1-2H3,(H,31,33)(H,34,35,36). The molecule has 0 bridgehead atoms. The summed E-state index contributed by atoms with van der Waals surface area (Å²) in [5, 5.41) is 6.10. The van der Waals surface area contributed by atoms with Crippen molar-refractivity contribution >= 4 is 46.0 Å². The molecule has 0 aliphatic carbocycles. The molecule has 0 spiro atoms. The van der Waals surface area contributed by atoms with E-state index in [1.807, 2.05) is 0 Å². The van der Waals surface area contributed by atoms with Crippen LogP contribution in [0, 0.1) is 0 Å². The molecule has 5 rings (SSSR count). The Hall–Kier alpha value is -4.10. The van der Waals surface area contributed by atoms with Gasteiger partial charge in [0.1, 0.15) is 16.2 Å². The molecular formula is C25H25ClF3N9O. The highest BCUT2D eigenvalue weighted by Gasteiger charge is 2.32. The minimum Gasteiger partial charge on any atom is -0.450 e. The van der Waals surface area contributed by atoms with E-state index in [1.165, 1.54) is 30.9 Å². The van der Waals surface area contributed by atoms with Crippen molar-refractivity contribution in [1.29, 1.82) is 0 Å². The smallest absolute Gasteiger partial charge is 0.416 e. The van der Waals surface area contributed by atoms with Crippen molar-refractivity contribution in [3.63, 3.8) is 0 Å². The molecule has 0 unspecified atom stereocenters. The number of alkyl halides is 3. The van der Waals surface area contributed by atoms with Crippen molar-refractivity contribution in [1.82, 2.24) is 29.4 Å². The van der Waals surface area contributed by atoms with Gasteiger partial charge in [0, 0.05) is 44.9 Å². The molecule has 4 heterocycles. The predicted octanol–water partition coefficient (Wildman–Crippen LogP) is 4.76. The molecule has 10 nitrogen and oxygen atoms in total. The lowest BCUT2D eigenvalue weighted by atomic mass is 10.1. The fourth-order valence-electron chi connectivity index (χ4n) is 4.22. The highest BCUT2D eigenvalue weighted by Crippen LogP contribution is 2.37. The Morgan fingerprint density at radius 3 is 2.62 bits per heavy atom. The van der Waals surface area contributed by atoms with Crippen LogP contribution in [0.4, 0.5) is 30.6 Å². The lowest BCUT2D eigenvalue weighted by Gasteiger charge is -2.31. The van der Waals surface area contributed by atoms with Gasteiger partial charge in [0.2, 0.25) is 5.95 Å². The third-order valence-electron chi connectivity index (χ3n) is 6.28. The van der Waals surface area contributed by atoms with E-state index in [2.05, 4.69) is 35.5 Å². The highest BCUT2D eigenvalue weighted by molar-refractivity contribution is 6.36. The minimum absolute atomic E-state index is 0.180. The number of nitrogens with two attached hydrogens (primary N) is 1. The number of aryl methyl sites for hydroxylation is 1. The first-order valence-electron chi connectivity index (χ1n) is 12.0. The van der Waals surface area contributed by atoms with E-state index >= 15 is 0 Å². The molecule has 1 saturated heterocycles. The van der Waals surface area contributed by atoms with Crippen LogP contribution in [-0.2, 0) is 19.8 Å². The largest absolute Gasteiger partial charge is 0.450 e. The first-order valence-corrected chi connectivity index (χ1v) is 12.4. The molecule has 1 aromatic carbocycles. The first-order chi connectivity index (χ1) is 18.7. The average molecular weight is 560 g/mol. The van der Waals surface area contributed by atoms with Crippen LogP contribution in [0.15, 0.2) is 43.0 Å². The normalized spacial score (nSPS) is 14.4. The molecule has 1 aliphatic heterocycles. The molecule has 4 aromatic rings. The molecule has 0 atom stereocenters. The second-order valence-electron chi connectivity index (χ2n) is 8.91. The number of fused-ring (bicyclic) bond motifs is 1. The van der Waals surface area contributed by atoms with Crippen LogP contribution in [-0.4, -0.2) is 49.5 Å². The number of halogens is 4. The van der Waals surface area contributed by atoms with Gasteiger partial charge in [-0.2, -0.15) is 18.2 Å². The van der Waals surface area contributed by atoms with E-state index in [0.29, 0.717) is 29.1 Å². The van der Waals surface area contributed by atoms with Gasteiger partial charge in [-0.3, -0.25) is 4.90 Å². The fraction of sp³-hybridized carbons (Fsp3) is 0.280. The maximum Gasteiger partial charge on any atom is 0.416 e. The van der Waals surface area contributed by atoms with Gasteiger partial charge in [-0.05, 0) is 43.3 Å². The SMILES string of the molecule is CNc1nccnc1C(=CN)Oc1cnc2nc(Nc3cc(CN4CCC4)cc(C(F)(F)F)c3)n(C)c2c1Cl. The van der Waals surface area contributed by atoms with Crippen LogP contribution in [0.25, 0.3) is 16.9 Å². The van der Waals surface area contributed by atoms with Crippen molar-refractivity contribution in [3.8, 4) is 5.75 Å². The third kappa shape index (κ3) is 5.40. The zero-order valence-corrected chi connectivity index (χ0v) is 21.8. The fourth-order valence-corrected chi connectivity index (χ4v) is 4.52. The third-order valence-corrected chi connectivity index (χ3v) is 6.64. The van der Waals surface area contributed by atoms with Crippen LogP contribution >= 0.6 is 11.6 Å². The van der Waals surface area contributed by atoms with Crippen LogP contribution < -0.4 is 21.1 Å². The van der Waals surface area contributed by atoms with Crippen molar-refractivity contribution in [2.45, 2.75) is 19.1 Å². The van der Waals surface area contributed by atoms with Gasteiger partial charge in [-0.1, -0.05) is 11.6 Å². The van der Waals surface area contributed by atoms with Crippen molar-refractivity contribution in [2.24, 2.45) is 12.8 Å². The Morgan fingerprint density at radius 2 is 1.95 bits per heavy atom. The number of nitrogens with one attached hydrogen (secondary N) is 2. The summed E-state index contributed by atoms with van der Waals surface area (Å²) in [6.45, 7) is 2.17. The number of imidazole rings is 1. The summed E-state index contributed by atoms with van der Waals surface area (Å²) in [6, 6.07) is 3.93. The Kier molecular flexibility index (Phi) is 7.19. The molecule has 14 heteroatoms. The second kappa shape index (κ2) is 10.6. The van der Waals surface area contributed by atoms with E-state index in [9.17, 15) is 13.2 Å². The number of pyridine rings is 1. The summed E-state index contributed by atoms with van der Waals surface area (Å²) >= 11 is 6.69. The van der Waals surface area contributed by atoms with E-state index in [4.69, 9.17) is 22.1 Å². The Balaban J connectivity index is 1.47. The Labute approximate surface area is 226 Å². The lowest BCUT2D eigenvalue weighted by molar-refractivity contribution is -0.137. The van der Waals surface area contributed by atoms with E-state index in [-0.39, 0.29) is 33.8 Å². The summed E-state index contributed by atoms with van der Waals surface area (Å²) in [5.74, 6) is 1.07. The molecule has 1 aliphatic rings. The van der Waals surface area contributed by atoms with Crippen LogP contribution in [0.2, 0.25) is 5.02 Å². The number of likely N-dealkylation sites (tertiary alicyclic amines) is 1. The molecule has 4 N–H and O–H groups in total. The van der Waals surface area contributed by atoms with Gasteiger partial charge in [-0.25, -0.2) is 15.0 Å². The van der Waals surface area contributed by atoms with Gasteiger partial charge in [-0.15, -0.1) is 0 Å². The number of rotatable bonds is 8. The summed E-state index contributed by atoms with van der Waals surface area (Å²) in [6.07, 6.45) is 2.18. The first kappa shape index (κ1) is 26.5. The van der Waals surface area contributed by atoms with Crippen LogP contribution in [0.1, 0.15) is 23.2 Å². The summed E-state index contributed by atoms with van der Waals surface area (Å²) in [5.41, 5.74) is 6.93. The molecule has 3 aromatic heterocycles. The van der Waals surface area contributed by atoms with Gasteiger partial charge in [0.05, 0.1) is 11.8 Å². The summed E-state index contributed by atoms with van der Waals surface area (Å²) < 4.78 is 48.5. The number of ether oxygens (including phenoxy) is 1. The molecule has 0 amide bonds. The molecule has 204 valence electrons. The quantitative estimate of drug-likeness (QED) is 0.263. The number of anilines is 3. The van der Waals surface area contributed by atoms with Crippen molar-refractivity contribution < 1.29 is 17.9 Å². The predicted molar refractivity (Wildman–Crippen MR) is 143 cm³/mol. The molecule has 39 heavy (non-hydrogen) atoms. The minimum atomic E-state index is -4.49. The summed E-state index contributed by atoms with van der Waals surface area (Å²) in [4.78, 5) is 19.3. The number of nitrogens with zero attached hydrogens (tertiary/aromatic N) is 6.